The molecule has 0 amide bonds. The lowest BCUT2D eigenvalue weighted by Crippen LogP contribution is -2.26. The summed E-state index contributed by atoms with van der Waals surface area (Å²) in [5.74, 6) is -0.00249. The summed E-state index contributed by atoms with van der Waals surface area (Å²) in [7, 11) is -3.61. The van der Waals surface area contributed by atoms with Crippen molar-refractivity contribution in [1.29, 1.82) is 0 Å². The van der Waals surface area contributed by atoms with Gasteiger partial charge in [0.2, 0.25) is 10.0 Å². The van der Waals surface area contributed by atoms with E-state index in [1.807, 2.05) is 0 Å². The molecule has 0 aromatic heterocycles. The smallest absolute Gasteiger partial charge is 0.240 e. The maximum atomic E-state index is 13.2. The van der Waals surface area contributed by atoms with Gasteiger partial charge in [-0.25, -0.2) is 17.5 Å². The molecule has 2 N–H and O–H groups in total. The Bertz CT molecular complexity index is 525. The van der Waals surface area contributed by atoms with Crippen LogP contribution in [0, 0.1) is 18.7 Å². The average Bonchev–Trinajstić information content (AvgIpc) is 2.80. The maximum Gasteiger partial charge on any atom is 0.240 e. The number of halogens is 2. The molecule has 1 aromatic rings. The molecule has 0 spiro atoms. The molecule has 1 heterocycles. The third-order valence-electron chi connectivity index (χ3n) is 3.33. The SMILES string of the molecule is Cc1cc(F)cc(S(=O)(=O)NCCC2CCNC2)c1.Cl. The lowest BCUT2D eigenvalue weighted by atomic mass is 10.1. The van der Waals surface area contributed by atoms with Crippen LogP contribution in [0.1, 0.15) is 18.4 Å². The van der Waals surface area contributed by atoms with E-state index in [0.717, 1.165) is 32.0 Å². The molecule has 114 valence electrons. The first kappa shape index (κ1) is 17.4. The van der Waals surface area contributed by atoms with Gasteiger partial charge in [0.25, 0.3) is 0 Å². The summed E-state index contributed by atoms with van der Waals surface area (Å²) < 4.78 is 39.8. The molecule has 1 fully saturated rings. The normalized spacial score (nSPS) is 18.8. The Morgan fingerprint density at radius 2 is 2.15 bits per heavy atom. The molecule has 2 rings (SSSR count). The third kappa shape index (κ3) is 4.70. The van der Waals surface area contributed by atoms with Crippen molar-refractivity contribution in [3.05, 3.63) is 29.6 Å². The molecule has 0 radical (unpaired) electrons. The number of hydrogen-bond donors (Lipinski definition) is 2. The molecule has 1 unspecified atom stereocenters. The van der Waals surface area contributed by atoms with Crippen LogP contribution in [0.25, 0.3) is 0 Å². The minimum Gasteiger partial charge on any atom is -0.316 e. The van der Waals surface area contributed by atoms with Crippen molar-refractivity contribution >= 4 is 22.4 Å². The standard InChI is InChI=1S/C13H19FN2O2S.ClH/c1-10-6-12(14)8-13(7-10)19(17,18)16-5-3-11-2-4-15-9-11;/h6-8,11,15-16H,2-5,9H2,1H3;1H. The Morgan fingerprint density at radius 1 is 1.40 bits per heavy atom. The van der Waals surface area contributed by atoms with Gasteiger partial charge in [-0.2, -0.15) is 0 Å². The Labute approximate surface area is 125 Å². The number of nitrogens with one attached hydrogen (secondary N) is 2. The van der Waals surface area contributed by atoms with E-state index in [9.17, 15) is 12.8 Å². The summed E-state index contributed by atoms with van der Waals surface area (Å²) in [6, 6.07) is 3.83. The second-order valence-corrected chi connectivity index (χ2v) is 6.78. The van der Waals surface area contributed by atoms with Crippen molar-refractivity contribution in [2.24, 2.45) is 5.92 Å². The van der Waals surface area contributed by atoms with Crippen LogP contribution in [0.5, 0.6) is 0 Å². The summed E-state index contributed by atoms with van der Waals surface area (Å²) in [6.45, 7) is 4.01. The second-order valence-electron chi connectivity index (χ2n) is 5.01. The number of rotatable bonds is 5. The minimum absolute atomic E-state index is 0. The molecule has 20 heavy (non-hydrogen) atoms. The van der Waals surface area contributed by atoms with Gasteiger partial charge in [-0.1, -0.05) is 0 Å². The Hall–Kier alpha value is -0.690. The van der Waals surface area contributed by atoms with Crippen molar-refractivity contribution < 1.29 is 12.8 Å². The largest absolute Gasteiger partial charge is 0.316 e. The van der Waals surface area contributed by atoms with Gasteiger partial charge in [0.05, 0.1) is 4.90 Å². The summed E-state index contributed by atoms with van der Waals surface area (Å²) in [4.78, 5) is -0.00505. The van der Waals surface area contributed by atoms with Crippen molar-refractivity contribution in [2.45, 2.75) is 24.7 Å². The van der Waals surface area contributed by atoms with Gasteiger partial charge in [-0.05, 0) is 62.5 Å². The van der Waals surface area contributed by atoms with E-state index in [1.165, 1.54) is 12.1 Å². The van der Waals surface area contributed by atoms with Crippen molar-refractivity contribution in [1.82, 2.24) is 10.0 Å². The zero-order chi connectivity index (χ0) is 13.9. The highest BCUT2D eigenvalue weighted by Crippen LogP contribution is 2.15. The lowest BCUT2D eigenvalue weighted by molar-refractivity contribution is 0.519. The maximum absolute atomic E-state index is 13.2. The summed E-state index contributed by atoms with van der Waals surface area (Å²) >= 11 is 0. The van der Waals surface area contributed by atoms with E-state index in [4.69, 9.17) is 0 Å². The first-order valence-corrected chi connectivity index (χ1v) is 7.93. The number of aryl methyl sites for hydroxylation is 1. The highest BCUT2D eigenvalue weighted by atomic mass is 35.5. The molecule has 0 bridgehead atoms. The van der Waals surface area contributed by atoms with Gasteiger partial charge in [-0.3, -0.25) is 0 Å². The summed E-state index contributed by atoms with van der Waals surface area (Å²) in [5, 5.41) is 3.24. The monoisotopic (exact) mass is 322 g/mol. The van der Waals surface area contributed by atoms with Gasteiger partial charge in [0, 0.05) is 6.54 Å². The zero-order valence-corrected chi connectivity index (χ0v) is 13.0. The van der Waals surface area contributed by atoms with Gasteiger partial charge in [0.1, 0.15) is 5.82 Å². The van der Waals surface area contributed by atoms with Gasteiger partial charge in [-0.15, -0.1) is 12.4 Å². The second kappa shape index (κ2) is 7.36. The van der Waals surface area contributed by atoms with Crippen LogP contribution >= 0.6 is 12.4 Å². The molecule has 1 atom stereocenters. The molecule has 7 heteroatoms. The predicted octanol–water partition coefficient (Wildman–Crippen LogP) is 1.83. The van der Waals surface area contributed by atoms with Crippen LogP contribution < -0.4 is 10.0 Å². The highest BCUT2D eigenvalue weighted by molar-refractivity contribution is 7.89. The number of benzene rings is 1. The molecule has 0 aliphatic carbocycles. The van der Waals surface area contributed by atoms with E-state index in [2.05, 4.69) is 10.0 Å². The molecule has 0 saturated carbocycles. The molecule has 1 aliphatic rings. The predicted molar refractivity (Wildman–Crippen MR) is 79.2 cm³/mol. The Morgan fingerprint density at radius 3 is 2.75 bits per heavy atom. The number of sulfonamides is 1. The van der Waals surface area contributed by atoms with Crippen molar-refractivity contribution in [3.8, 4) is 0 Å². The van der Waals surface area contributed by atoms with E-state index >= 15 is 0 Å². The van der Waals surface area contributed by atoms with Crippen LogP contribution in [0.3, 0.4) is 0 Å². The van der Waals surface area contributed by atoms with Crippen LogP contribution in [-0.2, 0) is 10.0 Å². The van der Waals surface area contributed by atoms with Crippen LogP contribution in [0.4, 0.5) is 4.39 Å². The molecule has 1 aromatic carbocycles. The van der Waals surface area contributed by atoms with Crippen molar-refractivity contribution in [2.75, 3.05) is 19.6 Å². The topological polar surface area (TPSA) is 58.2 Å². The Kier molecular flexibility index (Phi) is 6.39. The first-order chi connectivity index (χ1) is 8.97. The molecule has 1 aliphatic heterocycles. The third-order valence-corrected chi connectivity index (χ3v) is 4.77. The Balaban J connectivity index is 0.00000200. The van der Waals surface area contributed by atoms with Crippen LogP contribution in [0.2, 0.25) is 0 Å². The quantitative estimate of drug-likeness (QED) is 0.869. The van der Waals surface area contributed by atoms with Crippen LogP contribution in [-0.4, -0.2) is 28.1 Å². The van der Waals surface area contributed by atoms with E-state index in [-0.39, 0.29) is 17.3 Å². The van der Waals surface area contributed by atoms with Gasteiger partial charge in [0.15, 0.2) is 0 Å². The highest BCUT2D eigenvalue weighted by Gasteiger charge is 2.18. The fourth-order valence-electron chi connectivity index (χ4n) is 2.30. The number of hydrogen-bond acceptors (Lipinski definition) is 3. The van der Waals surface area contributed by atoms with Gasteiger partial charge < -0.3 is 5.32 Å². The average molecular weight is 323 g/mol. The lowest BCUT2D eigenvalue weighted by Gasteiger charge is -2.10. The van der Waals surface area contributed by atoms with E-state index in [1.54, 1.807) is 6.92 Å². The van der Waals surface area contributed by atoms with E-state index in [0.29, 0.717) is 18.0 Å². The summed E-state index contributed by atoms with van der Waals surface area (Å²) in [6.07, 6.45) is 1.89. The molecule has 4 nitrogen and oxygen atoms in total. The molecular formula is C13H20ClFN2O2S. The van der Waals surface area contributed by atoms with Crippen LogP contribution in [0.15, 0.2) is 23.1 Å². The molecular weight excluding hydrogens is 303 g/mol. The first-order valence-electron chi connectivity index (χ1n) is 6.45. The zero-order valence-electron chi connectivity index (χ0n) is 11.4. The minimum atomic E-state index is -3.61. The molecule has 1 saturated heterocycles. The fraction of sp³-hybridized carbons (Fsp3) is 0.538. The fourth-order valence-corrected chi connectivity index (χ4v) is 3.46. The van der Waals surface area contributed by atoms with E-state index < -0.39 is 15.8 Å². The van der Waals surface area contributed by atoms with Crippen molar-refractivity contribution in [3.63, 3.8) is 0 Å². The van der Waals surface area contributed by atoms with Gasteiger partial charge >= 0.3 is 0 Å². The summed E-state index contributed by atoms with van der Waals surface area (Å²) in [5.41, 5.74) is 0.598.